The number of amides is 1. The number of benzene rings is 2. The smallest absolute Gasteiger partial charge is 0.244 e. The van der Waals surface area contributed by atoms with Gasteiger partial charge in [0.15, 0.2) is 0 Å². The summed E-state index contributed by atoms with van der Waals surface area (Å²) in [5.41, 5.74) is 3.41. The summed E-state index contributed by atoms with van der Waals surface area (Å²) < 4.78 is 39.3. The minimum absolute atomic E-state index is 0.0740. The lowest BCUT2D eigenvalue weighted by molar-refractivity contribution is -0.132. The fraction of sp³-hybridized carbons (Fsp3) is 0.370. The number of furan rings is 1. The maximum atomic E-state index is 13.7. The van der Waals surface area contributed by atoms with Crippen molar-refractivity contribution in [2.24, 2.45) is 0 Å². The van der Waals surface area contributed by atoms with E-state index in [1.54, 1.807) is 37.1 Å². The quantitative estimate of drug-likeness (QED) is 0.375. The number of carbonyl (C=O) groups excluding carboxylic acids is 1. The Kier molecular flexibility index (Phi) is 9.26. The van der Waals surface area contributed by atoms with Crippen molar-refractivity contribution in [2.75, 3.05) is 33.4 Å². The van der Waals surface area contributed by atoms with Crippen molar-refractivity contribution in [1.29, 1.82) is 0 Å². The van der Waals surface area contributed by atoms with Gasteiger partial charge in [-0.1, -0.05) is 48.0 Å². The Labute approximate surface area is 208 Å². The van der Waals surface area contributed by atoms with E-state index in [1.165, 1.54) is 11.4 Å². The molecule has 0 fully saturated rings. The lowest BCUT2D eigenvalue weighted by atomic mass is 10.1. The molecule has 1 amide bonds. The number of sulfonamides is 1. The molecule has 7 nitrogen and oxygen atoms in total. The number of aryl methyl sites for hydroxylation is 3. The molecule has 0 bridgehead atoms. The highest BCUT2D eigenvalue weighted by Crippen LogP contribution is 2.25. The highest BCUT2D eigenvalue weighted by Gasteiger charge is 2.31. The molecule has 0 N–H and O–H groups in total. The molecule has 0 atom stereocenters. The Balaban J connectivity index is 1.86. The van der Waals surface area contributed by atoms with Gasteiger partial charge in [-0.25, -0.2) is 8.42 Å². The van der Waals surface area contributed by atoms with E-state index in [4.69, 9.17) is 9.15 Å². The van der Waals surface area contributed by atoms with Crippen molar-refractivity contribution in [3.05, 3.63) is 88.9 Å². The molecule has 3 rings (SSSR count). The van der Waals surface area contributed by atoms with Crippen LogP contribution in [0.25, 0.3) is 0 Å². The second-order valence-corrected chi connectivity index (χ2v) is 10.6. The van der Waals surface area contributed by atoms with Gasteiger partial charge in [0.2, 0.25) is 15.9 Å². The topological polar surface area (TPSA) is 80.1 Å². The second-order valence-electron chi connectivity index (χ2n) is 8.69. The monoisotopic (exact) mass is 498 g/mol. The molecule has 0 aliphatic heterocycles. The zero-order valence-electron chi connectivity index (χ0n) is 20.9. The van der Waals surface area contributed by atoms with E-state index < -0.39 is 10.0 Å². The molecule has 188 valence electrons. The van der Waals surface area contributed by atoms with Gasteiger partial charge in [0.25, 0.3) is 0 Å². The third kappa shape index (κ3) is 7.04. The number of rotatable bonds is 12. The summed E-state index contributed by atoms with van der Waals surface area (Å²) >= 11 is 0. The molecule has 0 radical (unpaired) electrons. The molecule has 0 unspecified atom stereocenters. The van der Waals surface area contributed by atoms with Gasteiger partial charge in [0.05, 0.1) is 30.9 Å². The highest BCUT2D eigenvalue weighted by molar-refractivity contribution is 7.89. The van der Waals surface area contributed by atoms with Crippen LogP contribution in [0.5, 0.6) is 0 Å². The molecule has 35 heavy (non-hydrogen) atoms. The fourth-order valence-electron chi connectivity index (χ4n) is 4.22. The summed E-state index contributed by atoms with van der Waals surface area (Å²) in [7, 11) is -2.41. The van der Waals surface area contributed by atoms with Gasteiger partial charge < -0.3 is 14.1 Å². The molecule has 2 aromatic carbocycles. The summed E-state index contributed by atoms with van der Waals surface area (Å²) in [6, 6.07) is 17.1. The predicted octanol–water partition coefficient (Wildman–Crippen LogP) is 4.11. The number of carbonyl (C=O) groups is 1. The normalized spacial score (nSPS) is 11.7. The van der Waals surface area contributed by atoms with Crippen LogP contribution in [0.1, 0.15) is 28.0 Å². The number of hydrogen-bond donors (Lipinski definition) is 0. The van der Waals surface area contributed by atoms with Crippen LogP contribution in [0.3, 0.4) is 0 Å². The van der Waals surface area contributed by atoms with Gasteiger partial charge in [-0.05, 0) is 56.0 Å². The summed E-state index contributed by atoms with van der Waals surface area (Å²) in [6.45, 7) is 6.17. The van der Waals surface area contributed by atoms with E-state index in [0.717, 1.165) is 11.1 Å². The van der Waals surface area contributed by atoms with Crippen molar-refractivity contribution >= 4 is 15.9 Å². The summed E-state index contributed by atoms with van der Waals surface area (Å²) in [5, 5.41) is 0. The Hall–Kier alpha value is -2.94. The molecule has 0 spiro atoms. The average molecular weight is 499 g/mol. The summed E-state index contributed by atoms with van der Waals surface area (Å²) in [4.78, 5) is 15.4. The van der Waals surface area contributed by atoms with Gasteiger partial charge in [-0.3, -0.25) is 4.79 Å². The van der Waals surface area contributed by atoms with E-state index in [0.29, 0.717) is 29.9 Å². The highest BCUT2D eigenvalue weighted by atomic mass is 32.2. The minimum atomic E-state index is -3.93. The van der Waals surface area contributed by atoms with Crippen LogP contribution >= 0.6 is 0 Å². The minimum Gasteiger partial charge on any atom is -0.467 e. The Morgan fingerprint density at radius 1 is 0.971 bits per heavy atom. The first-order chi connectivity index (χ1) is 16.7. The van der Waals surface area contributed by atoms with Crippen molar-refractivity contribution in [3.63, 3.8) is 0 Å². The van der Waals surface area contributed by atoms with Gasteiger partial charge >= 0.3 is 0 Å². The van der Waals surface area contributed by atoms with Gasteiger partial charge in [-0.15, -0.1) is 0 Å². The zero-order valence-corrected chi connectivity index (χ0v) is 21.7. The first kappa shape index (κ1) is 26.7. The molecule has 1 heterocycles. The number of nitrogens with zero attached hydrogens (tertiary/aromatic N) is 2. The summed E-state index contributed by atoms with van der Waals surface area (Å²) in [5.74, 6) is 0.349. The first-order valence-electron chi connectivity index (χ1n) is 11.6. The molecule has 0 saturated carbocycles. The van der Waals surface area contributed by atoms with Crippen LogP contribution in [-0.2, 0) is 32.5 Å². The van der Waals surface area contributed by atoms with Crippen LogP contribution in [0.15, 0.2) is 70.2 Å². The Morgan fingerprint density at radius 3 is 2.26 bits per heavy atom. The van der Waals surface area contributed by atoms with Gasteiger partial charge in [0.1, 0.15) is 5.76 Å². The van der Waals surface area contributed by atoms with Crippen LogP contribution in [0, 0.1) is 20.8 Å². The molecule has 8 heteroatoms. The van der Waals surface area contributed by atoms with Crippen LogP contribution < -0.4 is 0 Å². The maximum absolute atomic E-state index is 13.7. The van der Waals surface area contributed by atoms with Crippen molar-refractivity contribution in [1.82, 2.24) is 9.21 Å². The van der Waals surface area contributed by atoms with Crippen molar-refractivity contribution < 1.29 is 22.4 Å². The molecule has 0 aliphatic carbocycles. The Morgan fingerprint density at radius 2 is 1.66 bits per heavy atom. The number of hydrogen-bond acceptors (Lipinski definition) is 5. The van der Waals surface area contributed by atoms with E-state index in [2.05, 4.69) is 0 Å². The fourth-order valence-corrected chi connectivity index (χ4v) is 6.01. The van der Waals surface area contributed by atoms with Gasteiger partial charge in [0, 0.05) is 20.2 Å². The molecule has 0 saturated heterocycles. The van der Waals surface area contributed by atoms with E-state index >= 15 is 0 Å². The molecular weight excluding hydrogens is 464 g/mol. The third-order valence-electron chi connectivity index (χ3n) is 5.85. The van der Waals surface area contributed by atoms with Crippen LogP contribution in [0.4, 0.5) is 0 Å². The van der Waals surface area contributed by atoms with E-state index in [9.17, 15) is 13.2 Å². The maximum Gasteiger partial charge on any atom is 0.244 e. The molecule has 0 aliphatic rings. The zero-order chi connectivity index (χ0) is 25.4. The molecular formula is C27H34N2O5S. The van der Waals surface area contributed by atoms with Crippen LogP contribution in [0.2, 0.25) is 0 Å². The molecule has 1 aromatic heterocycles. The standard InChI is InChI=1S/C27H34N2O5S/c1-21-17-22(2)27(23(3)18-21)35(31,32)29(14-16-33-4)20-26(30)28(19-25-11-8-15-34-25)13-12-24-9-6-5-7-10-24/h5-11,15,17-18H,12-14,16,19-20H2,1-4H3. The van der Waals surface area contributed by atoms with Crippen molar-refractivity contribution in [2.45, 2.75) is 38.6 Å². The second kappa shape index (κ2) is 12.2. The lowest BCUT2D eigenvalue weighted by Crippen LogP contribution is -2.44. The number of ether oxygens (including phenoxy) is 1. The average Bonchev–Trinajstić information content (AvgIpc) is 3.32. The van der Waals surface area contributed by atoms with Gasteiger partial charge in [-0.2, -0.15) is 4.31 Å². The first-order valence-corrected chi connectivity index (χ1v) is 13.1. The van der Waals surface area contributed by atoms with E-state index in [1.807, 2.05) is 49.4 Å². The van der Waals surface area contributed by atoms with Crippen LogP contribution in [-0.4, -0.2) is 56.9 Å². The summed E-state index contributed by atoms with van der Waals surface area (Å²) in [6.07, 6.45) is 2.21. The third-order valence-corrected chi connectivity index (χ3v) is 8.00. The Bertz CT molecular complexity index is 1180. The van der Waals surface area contributed by atoms with E-state index in [-0.39, 0.29) is 37.0 Å². The molecule has 3 aromatic rings. The SMILES string of the molecule is COCCN(CC(=O)N(CCc1ccccc1)Cc1ccco1)S(=O)(=O)c1c(C)cc(C)cc1C. The van der Waals surface area contributed by atoms with Crippen molar-refractivity contribution in [3.8, 4) is 0 Å². The lowest BCUT2D eigenvalue weighted by Gasteiger charge is -2.28. The number of methoxy groups -OCH3 is 1. The predicted molar refractivity (Wildman–Crippen MR) is 136 cm³/mol. The largest absolute Gasteiger partial charge is 0.467 e.